The molecule has 3 aromatic carbocycles. The highest BCUT2D eigenvalue weighted by molar-refractivity contribution is 5.90. The third-order valence-corrected chi connectivity index (χ3v) is 6.10. The van der Waals surface area contributed by atoms with Crippen molar-refractivity contribution in [2.45, 2.75) is 13.5 Å². The maximum absolute atomic E-state index is 6.09. The Morgan fingerprint density at radius 1 is 0.970 bits per heavy atom. The van der Waals surface area contributed by atoms with Crippen LogP contribution < -0.4 is 14.4 Å². The Morgan fingerprint density at radius 3 is 2.76 bits per heavy atom. The van der Waals surface area contributed by atoms with Gasteiger partial charge in [-0.1, -0.05) is 12.1 Å². The average Bonchev–Trinajstić information content (AvgIpc) is 3.09. The molecular weight excluding hydrogens is 414 g/mol. The number of aromatic amines is 1. The molecule has 0 amide bonds. The number of hydrogen-bond donors (Lipinski definition) is 1. The molecule has 0 atom stereocenters. The quantitative estimate of drug-likeness (QED) is 0.433. The summed E-state index contributed by atoms with van der Waals surface area (Å²) in [6.07, 6.45) is 1.61. The lowest BCUT2D eigenvalue weighted by Crippen LogP contribution is -2.26. The zero-order chi connectivity index (χ0) is 22.4. The number of nitrogens with zero attached hydrogens (tertiary/aromatic N) is 4. The lowest BCUT2D eigenvalue weighted by atomic mass is 10.0. The van der Waals surface area contributed by atoms with Crippen LogP contribution >= 0.6 is 0 Å². The summed E-state index contributed by atoms with van der Waals surface area (Å²) >= 11 is 0. The number of rotatable bonds is 3. The van der Waals surface area contributed by atoms with E-state index in [1.54, 1.807) is 13.4 Å². The Balaban J connectivity index is 1.38. The molecule has 5 aromatic rings. The minimum Gasteiger partial charge on any atom is -0.497 e. The molecule has 0 bridgehead atoms. The first-order chi connectivity index (χ1) is 16.2. The maximum Gasteiger partial charge on any atom is 0.140 e. The molecule has 2 aromatic heterocycles. The lowest BCUT2D eigenvalue weighted by molar-refractivity contribution is 0.331. The first kappa shape index (κ1) is 19.5. The Bertz CT molecular complexity index is 1490. The standard InChI is InChI=1S/C26H23N5O2/c1-16-29-22-7-3-18(12-24(22)30-16)17-4-8-25-19(11-17)14-31(9-10-33-25)26-21-6-5-20(32-2)13-23(21)27-15-28-26/h3-8,11-13,15H,9-10,14H2,1-2H3,(H,29,30). The van der Waals surface area contributed by atoms with Crippen molar-refractivity contribution in [1.82, 2.24) is 19.9 Å². The second kappa shape index (κ2) is 7.78. The van der Waals surface area contributed by atoms with Crippen molar-refractivity contribution in [2.75, 3.05) is 25.2 Å². The topological polar surface area (TPSA) is 76.2 Å². The van der Waals surface area contributed by atoms with Crippen LogP contribution in [0.3, 0.4) is 0 Å². The van der Waals surface area contributed by atoms with Gasteiger partial charge in [0, 0.05) is 23.6 Å². The average molecular weight is 438 g/mol. The van der Waals surface area contributed by atoms with Gasteiger partial charge in [0.05, 0.1) is 30.2 Å². The van der Waals surface area contributed by atoms with Crippen molar-refractivity contribution in [3.05, 3.63) is 72.3 Å². The Morgan fingerprint density at radius 2 is 1.85 bits per heavy atom. The number of imidazole rings is 1. The van der Waals surface area contributed by atoms with Crippen molar-refractivity contribution < 1.29 is 9.47 Å². The molecule has 0 fully saturated rings. The van der Waals surface area contributed by atoms with E-state index in [1.165, 1.54) is 0 Å². The van der Waals surface area contributed by atoms with Gasteiger partial charge in [-0.2, -0.15) is 0 Å². The van der Waals surface area contributed by atoms with Crippen molar-refractivity contribution in [3.63, 3.8) is 0 Å². The number of ether oxygens (including phenoxy) is 2. The second-order valence-corrected chi connectivity index (χ2v) is 8.23. The summed E-state index contributed by atoms with van der Waals surface area (Å²) in [6.45, 7) is 4.00. The number of hydrogen-bond acceptors (Lipinski definition) is 6. The van der Waals surface area contributed by atoms with E-state index in [1.807, 2.05) is 25.1 Å². The van der Waals surface area contributed by atoms with Gasteiger partial charge >= 0.3 is 0 Å². The Hall–Kier alpha value is -4.13. The molecule has 164 valence electrons. The third kappa shape index (κ3) is 3.51. The monoisotopic (exact) mass is 437 g/mol. The first-order valence-electron chi connectivity index (χ1n) is 10.9. The Labute approximate surface area is 191 Å². The summed E-state index contributed by atoms with van der Waals surface area (Å²) in [5.74, 6) is 3.52. The van der Waals surface area contributed by atoms with Gasteiger partial charge in [0.15, 0.2) is 0 Å². The number of H-pyrrole nitrogens is 1. The van der Waals surface area contributed by atoms with E-state index in [0.29, 0.717) is 13.2 Å². The van der Waals surface area contributed by atoms with Gasteiger partial charge in [-0.3, -0.25) is 0 Å². The molecule has 0 saturated heterocycles. The molecule has 7 nitrogen and oxygen atoms in total. The number of aromatic nitrogens is 4. The number of anilines is 1. The van der Waals surface area contributed by atoms with E-state index < -0.39 is 0 Å². The Kier molecular flexibility index (Phi) is 4.61. The summed E-state index contributed by atoms with van der Waals surface area (Å²) < 4.78 is 11.4. The normalized spacial score (nSPS) is 13.6. The summed E-state index contributed by atoms with van der Waals surface area (Å²) in [7, 11) is 1.66. The van der Waals surface area contributed by atoms with Crippen LogP contribution in [0.15, 0.2) is 60.9 Å². The molecule has 0 saturated carbocycles. The van der Waals surface area contributed by atoms with Crippen molar-refractivity contribution in [3.8, 4) is 22.6 Å². The van der Waals surface area contributed by atoms with E-state index in [4.69, 9.17) is 9.47 Å². The SMILES string of the molecule is COc1ccc2c(N3CCOc4ccc(-c5ccc6nc(C)[nH]c6c5)cc4C3)ncnc2c1. The highest BCUT2D eigenvalue weighted by Gasteiger charge is 2.20. The maximum atomic E-state index is 6.09. The predicted molar refractivity (Wildman–Crippen MR) is 129 cm³/mol. The van der Waals surface area contributed by atoms with Crippen LogP contribution in [0, 0.1) is 6.92 Å². The molecule has 0 aliphatic carbocycles. The van der Waals surface area contributed by atoms with E-state index in [2.05, 4.69) is 61.2 Å². The van der Waals surface area contributed by atoms with E-state index in [0.717, 1.165) is 68.3 Å². The molecule has 0 unspecified atom stereocenters. The molecule has 6 rings (SSSR count). The highest BCUT2D eigenvalue weighted by atomic mass is 16.5. The van der Waals surface area contributed by atoms with Gasteiger partial charge in [-0.25, -0.2) is 15.0 Å². The number of benzene rings is 3. The summed E-state index contributed by atoms with van der Waals surface area (Å²) in [5, 5.41) is 0.998. The van der Waals surface area contributed by atoms with Gasteiger partial charge in [0.25, 0.3) is 0 Å². The van der Waals surface area contributed by atoms with Crippen LogP contribution in [0.5, 0.6) is 11.5 Å². The molecule has 7 heteroatoms. The predicted octanol–water partition coefficient (Wildman–Crippen LogP) is 4.89. The lowest BCUT2D eigenvalue weighted by Gasteiger charge is -2.22. The van der Waals surface area contributed by atoms with Gasteiger partial charge in [0.1, 0.15) is 36.1 Å². The summed E-state index contributed by atoms with van der Waals surface area (Å²) in [4.78, 5) is 19.2. The highest BCUT2D eigenvalue weighted by Crippen LogP contribution is 2.33. The third-order valence-electron chi connectivity index (χ3n) is 6.10. The van der Waals surface area contributed by atoms with E-state index >= 15 is 0 Å². The number of fused-ring (bicyclic) bond motifs is 3. The molecule has 1 aliphatic rings. The van der Waals surface area contributed by atoms with Crippen LogP contribution in [0.25, 0.3) is 33.1 Å². The summed E-state index contributed by atoms with van der Waals surface area (Å²) in [6, 6.07) is 18.6. The number of methoxy groups -OCH3 is 1. The van der Waals surface area contributed by atoms with Gasteiger partial charge in [-0.15, -0.1) is 0 Å². The fraction of sp³-hybridized carbons (Fsp3) is 0.192. The van der Waals surface area contributed by atoms with Crippen LogP contribution in [-0.4, -0.2) is 40.2 Å². The van der Waals surface area contributed by atoms with Crippen LogP contribution in [-0.2, 0) is 6.54 Å². The molecule has 1 aliphatic heterocycles. The minimum absolute atomic E-state index is 0.591. The zero-order valence-corrected chi connectivity index (χ0v) is 18.5. The van der Waals surface area contributed by atoms with Crippen LogP contribution in [0.4, 0.5) is 5.82 Å². The number of aryl methyl sites for hydroxylation is 1. The molecule has 33 heavy (non-hydrogen) atoms. The second-order valence-electron chi connectivity index (χ2n) is 8.23. The smallest absolute Gasteiger partial charge is 0.140 e. The molecule has 3 heterocycles. The van der Waals surface area contributed by atoms with Crippen LogP contribution in [0.2, 0.25) is 0 Å². The largest absolute Gasteiger partial charge is 0.497 e. The molecule has 1 N–H and O–H groups in total. The fourth-order valence-electron chi connectivity index (χ4n) is 4.47. The van der Waals surface area contributed by atoms with Crippen molar-refractivity contribution in [1.29, 1.82) is 0 Å². The zero-order valence-electron chi connectivity index (χ0n) is 18.5. The van der Waals surface area contributed by atoms with Gasteiger partial charge in [0.2, 0.25) is 0 Å². The molecule has 0 spiro atoms. The van der Waals surface area contributed by atoms with Crippen LogP contribution in [0.1, 0.15) is 11.4 Å². The number of nitrogens with one attached hydrogen (secondary N) is 1. The van der Waals surface area contributed by atoms with Crippen molar-refractivity contribution >= 4 is 27.8 Å². The van der Waals surface area contributed by atoms with Gasteiger partial charge < -0.3 is 19.4 Å². The summed E-state index contributed by atoms with van der Waals surface area (Å²) in [5.41, 5.74) is 6.30. The fourth-order valence-corrected chi connectivity index (χ4v) is 4.47. The van der Waals surface area contributed by atoms with Gasteiger partial charge in [-0.05, 0) is 54.4 Å². The molecule has 0 radical (unpaired) electrons. The van der Waals surface area contributed by atoms with Crippen molar-refractivity contribution in [2.24, 2.45) is 0 Å². The first-order valence-corrected chi connectivity index (χ1v) is 10.9. The van der Waals surface area contributed by atoms with E-state index in [-0.39, 0.29) is 0 Å². The van der Waals surface area contributed by atoms with E-state index in [9.17, 15) is 0 Å². The minimum atomic E-state index is 0.591. The molecular formula is C26H23N5O2.